The van der Waals surface area contributed by atoms with Crippen molar-refractivity contribution in [1.82, 2.24) is 10.2 Å². The van der Waals surface area contributed by atoms with Gasteiger partial charge in [-0.05, 0) is 74.2 Å². The number of hydrogen-bond acceptors (Lipinski definition) is 4. The largest absolute Gasteiger partial charge is 0.354 e. The van der Waals surface area contributed by atoms with Crippen LogP contribution in [0.1, 0.15) is 41.2 Å². The molecule has 1 N–H and O–H groups in total. The first-order chi connectivity index (χ1) is 21.9. The fraction of sp³-hybridized carbons (Fsp3) is 0.278. The van der Waals surface area contributed by atoms with E-state index in [1.165, 1.54) is 17.0 Å². The van der Waals surface area contributed by atoms with Gasteiger partial charge in [0.25, 0.3) is 10.0 Å². The van der Waals surface area contributed by atoms with E-state index in [4.69, 9.17) is 23.2 Å². The lowest BCUT2D eigenvalue weighted by atomic mass is 10.0. The number of sulfonamides is 1. The first-order valence-corrected chi connectivity index (χ1v) is 17.3. The molecule has 0 spiro atoms. The Hall–Kier alpha value is -3.85. The van der Waals surface area contributed by atoms with E-state index in [-0.39, 0.29) is 23.8 Å². The second kappa shape index (κ2) is 15.6. The van der Waals surface area contributed by atoms with Gasteiger partial charge in [-0.15, -0.1) is 0 Å². The minimum atomic E-state index is -4.21. The maximum atomic E-state index is 14.6. The third-order valence-electron chi connectivity index (χ3n) is 7.94. The van der Waals surface area contributed by atoms with Crippen LogP contribution in [0.5, 0.6) is 0 Å². The molecule has 10 heteroatoms. The summed E-state index contributed by atoms with van der Waals surface area (Å²) in [6, 6.07) is 25.3. The highest BCUT2D eigenvalue weighted by Gasteiger charge is 2.35. The molecule has 0 unspecified atom stereocenters. The lowest BCUT2D eigenvalue weighted by Gasteiger charge is -2.34. The number of hydrogen-bond donors (Lipinski definition) is 1. The number of halogens is 2. The molecular weight excluding hydrogens is 641 g/mol. The van der Waals surface area contributed by atoms with E-state index >= 15 is 0 Å². The summed E-state index contributed by atoms with van der Waals surface area (Å²) in [5, 5.41) is 3.60. The first kappa shape index (κ1) is 35.0. The summed E-state index contributed by atoms with van der Waals surface area (Å²) >= 11 is 13.2. The zero-order chi connectivity index (χ0) is 33.4. The second-order valence-electron chi connectivity index (χ2n) is 11.3. The highest BCUT2D eigenvalue weighted by molar-refractivity contribution is 7.92. The standard InChI is InChI=1S/C36H39Cl2N3O4S/c1-5-21-39-36(43)34(22-28-12-7-6-8-13-28)40(23-30-31(37)14-10-15-32(30)38)35(42)24-41(33-16-9-11-26(3)27(33)4)46(44,45)29-19-17-25(2)18-20-29/h6-20,34H,5,21-24H2,1-4H3,(H,39,43)/t34-/m1/s1. The van der Waals surface area contributed by atoms with Crippen molar-refractivity contribution in [3.63, 3.8) is 0 Å². The van der Waals surface area contributed by atoms with Crippen LogP contribution in [0.3, 0.4) is 0 Å². The summed E-state index contributed by atoms with van der Waals surface area (Å²) in [5.41, 5.74) is 4.15. The molecule has 0 aromatic heterocycles. The molecule has 4 aromatic carbocycles. The van der Waals surface area contributed by atoms with Crippen molar-refractivity contribution in [3.8, 4) is 0 Å². The lowest BCUT2D eigenvalue weighted by Crippen LogP contribution is -2.53. The van der Waals surface area contributed by atoms with Gasteiger partial charge in [-0.3, -0.25) is 13.9 Å². The third-order valence-corrected chi connectivity index (χ3v) is 10.4. The molecule has 7 nitrogen and oxygen atoms in total. The molecule has 0 fully saturated rings. The van der Waals surface area contributed by atoms with Crippen molar-refractivity contribution in [3.05, 3.63) is 129 Å². The van der Waals surface area contributed by atoms with E-state index in [1.54, 1.807) is 42.5 Å². The van der Waals surface area contributed by atoms with Crippen LogP contribution in [0.15, 0.2) is 95.9 Å². The molecule has 4 rings (SSSR count). The van der Waals surface area contributed by atoms with Crippen LogP contribution in [0.25, 0.3) is 0 Å². The van der Waals surface area contributed by atoms with Crippen LogP contribution >= 0.6 is 23.2 Å². The molecular formula is C36H39Cl2N3O4S. The van der Waals surface area contributed by atoms with Gasteiger partial charge < -0.3 is 10.2 Å². The number of amides is 2. The fourth-order valence-corrected chi connectivity index (χ4v) is 7.12. The van der Waals surface area contributed by atoms with Gasteiger partial charge in [0.15, 0.2) is 0 Å². The molecule has 2 amide bonds. The Morgan fingerprint density at radius 1 is 0.826 bits per heavy atom. The van der Waals surface area contributed by atoms with Crippen molar-refractivity contribution in [1.29, 1.82) is 0 Å². The van der Waals surface area contributed by atoms with E-state index in [0.717, 1.165) is 21.0 Å². The molecule has 1 atom stereocenters. The number of anilines is 1. The normalized spacial score (nSPS) is 12.0. The third kappa shape index (κ3) is 8.29. The van der Waals surface area contributed by atoms with Gasteiger partial charge in [0, 0.05) is 35.1 Å². The monoisotopic (exact) mass is 679 g/mol. The predicted octanol–water partition coefficient (Wildman–Crippen LogP) is 7.28. The summed E-state index contributed by atoms with van der Waals surface area (Å²) < 4.78 is 29.7. The predicted molar refractivity (Wildman–Crippen MR) is 186 cm³/mol. The molecule has 0 aliphatic heterocycles. The van der Waals surface area contributed by atoms with E-state index in [9.17, 15) is 18.0 Å². The Bertz CT molecular complexity index is 1760. The van der Waals surface area contributed by atoms with Gasteiger partial charge in [0.05, 0.1) is 10.6 Å². The molecule has 4 aromatic rings. The Morgan fingerprint density at radius 2 is 1.46 bits per heavy atom. The van der Waals surface area contributed by atoms with E-state index < -0.39 is 28.5 Å². The first-order valence-electron chi connectivity index (χ1n) is 15.1. The highest BCUT2D eigenvalue weighted by atomic mass is 35.5. The van der Waals surface area contributed by atoms with Crippen LogP contribution in [0.2, 0.25) is 10.0 Å². The number of benzene rings is 4. The summed E-state index contributed by atoms with van der Waals surface area (Å²) in [5.74, 6) is -0.943. The number of nitrogens with one attached hydrogen (secondary N) is 1. The Kier molecular flexibility index (Phi) is 11.9. The molecule has 0 saturated carbocycles. The summed E-state index contributed by atoms with van der Waals surface area (Å²) in [7, 11) is -4.21. The Labute approximate surface area is 282 Å². The minimum Gasteiger partial charge on any atom is -0.354 e. The van der Waals surface area contributed by atoms with E-state index in [2.05, 4.69) is 5.32 Å². The van der Waals surface area contributed by atoms with Crippen LogP contribution < -0.4 is 9.62 Å². The summed E-state index contributed by atoms with van der Waals surface area (Å²) in [6.45, 7) is 7.26. The molecule has 242 valence electrons. The summed E-state index contributed by atoms with van der Waals surface area (Å²) in [4.78, 5) is 29.9. The molecule has 0 saturated heterocycles. The van der Waals surface area contributed by atoms with Crippen LogP contribution in [0.4, 0.5) is 5.69 Å². The molecule has 0 aliphatic rings. The molecule has 0 aliphatic carbocycles. The zero-order valence-electron chi connectivity index (χ0n) is 26.5. The average molecular weight is 681 g/mol. The van der Waals surface area contributed by atoms with Crippen molar-refractivity contribution in [2.24, 2.45) is 0 Å². The topological polar surface area (TPSA) is 86.8 Å². The molecule has 46 heavy (non-hydrogen) atoms. The maximum Gasteiger partial charge on any atom is 0.264 e. The number of aryl methyl sites for hydroxylation is 2. The van der Waals surface area contributed by atoms with Gasteiger partial charge in [-0.1, -0.05) is 96.4 Å². The summed E-state index contributed by atoms with van der Waals surface area (Å²) in [6.07, 6.45) is 0.891. The zero-order valence-corrected chi connectivity index (χ0v) is 28.8. The van der Waals surface area contributed by atoms with Gasteiger partial charge >= 0.3 is 0 Å². The molecule has 0 heterocycles. The SMILES string of the molecule is CCCNC(=O)[C@@H](Cc1ccccc1)N(Cc1c(Cl)cccc1Cl)C(=O)CN(c1cccc(C)c1C)S(=O)(=O)c1ccc(C)cc1. The number of carbonyl (C=O) groups is 2. The number of carbonyl (C=O) groups excluding carboxylic acids is 2. The van der Waals surface area contributed by atoms with E-state index in [0.29, 0.717) is 39.8 Å². The van der Waals surface area contributed by atoms with Gasteiger partial charge in [-0.25, -0.2) is 8.42 Å². The minimum absolute atomic E-state index is 0.0500. The quantitative estimate of drug-likeness (QED) is 0.161. The Balaban J connectivity index is 1.86. The van der Waals surface area contributed by atoms with Crippen LogP contribution in [-0.2, 0) is 32.6 Å². The average Bonchev–Trinajstić information content (AvgIpc) is 3.03. The smallest absolute Gasteiger partial charge is 0.264 e. The van der Waals surface area contributed by atoms with Gasteiger partial charge in [-0.2, -0.15) is 0 Å². The van der Waals surface area contributed by atoms with Crippen LogP contribution in [-0.4, -0.2) is 44.3 Å². The van der Waals surface area contributed by atoms with Crippen molar-refractivity contribution in [2.75, 3.05) is 17.4 Å². The fourth-order valence-electron chi connectivity index (χ4n) is 5.13. The second-order valence-corrected chi connectivity index (χ2v) is 13.9. The van der Waals surface area contributed by atoms with Gasteiger partial charge in [0.2, 0.25) is 11.8 Å². The maximum absolute atomic E-state index is 14.6. The molecule has 0 bridgehead atoms. The van der Waals surface area contributed by atoms with Crippen molar-refractivity contribution in [2.45, 2.75) is 58.0 Å². The Morgan fingerprint density at radius 3 is 2.09 bits per heavy atom. The lowest BCUT2D eigenvalue weighted by molar-refractivity contribution is -0.140. The van der Waals surface area contributed by atoms with Crippen LogP contribution in [0, 0.1) is 20.8 Å². The number of rotatable bonds is 13. The highest BCUT2D eigenvalue weighted by Crippen LogP contribution is 2.31. The van der Waals surface area contributed by atoms with E-state index in [1.807, 2.05) is 64.1 Å². The number of nitrogens with zero attached hydrogens (tertiary/aromatic N) is 2. The van der Waals surface area contributed by atoms with Crippen molar-refractivity contribution < 1.29 is 18.0 Å². The van der Waals surface area contributed by atoms with Gasteiger partial charge in [0.1, 0.15) is 12.6 Å². The van der Waals surface area contributed by atoms with Crippen molar-refractivity contribution >= 4 is 50.7 Å². The molecule has 0 radical (unpaired) electrons.